The molecule has 196 valence electrons. The molecule has 0 saturated carbocycles. The number of aliphatic hydroxyl groups is 1. The highest BCUT2D eigenvalue weighted by atomic mass is 19.4. The summed E-state index contributed by atoms with van der Waals surface area (Å²) in [6.45, 7) is 2.48. The van der Waals surface area contributed by atoms with Gasteiger partial charge >= 0.3 is 12.4 Å². The molecule has 1 saturated heterocycles. The van der Waals surface area contributed by atoms with Gasteiger partial charge in [-0.15, -0.1) is 0 Å². The minimum absolute atomic E-state index is 0.0400. The normalized spacial score (nSPS) is 17.3. The smallest absolute Gasteiger partial charge is 0.430 e. The van der Waals surface area contributed by atoms with E-state index < -0.39 is 41.0 Å². The van der Waals surface area contributed by atoms with E-state index in [-0.39, 0.29) is 40.6 Å². The summed E-state index contributed by atoms with van der Waals surface area (Å²) in [4.78, 5) is 13.2. The van der Waals surface area contributed by atoms with Gasteiger partial charge in [-0.2, -0.15) is 26.3 Å². The molecule has 1 unspecified atom stereocenters. The van der Waals surface area contributed by atoms with E-state index >= 15 is 0 Å². The van der Waals surface area contributed by atoms with Gasteiger partial charge in [0.2, 0.25) is 0 Å². The first-order valence-electron chi connectivity index (χ1n) is 11.2. The maximum Gasteiger partial charge on any atom is 0.430 e. The highest BCUT2D eigenvalue weighted by Crippen LogP contribution is 2.50. The summed E-state index contributed by atoms with van der Waals surface area (Å²) in [5, 5.41) is 9.38. The number of alkyl halides is 6. The molecule has 1 aliphatic rings. The summed E-state index contributed by atoms with van der Waals surface area (Å²) in [6, 6.07) is 3.91. The lowest BCUT2D eigenvalue weighted by molar-refractivity contribution is -0.376. The van der Waals surface area contributed by atoms with E-state index in [0.717, 1.165) is 18.2 Å². The van der Waals surface area contributed by atoms with Gasteiger partial charge in [0, 0.05) is 29.3 Å². The standard InChI is InChI=1S/C24H22F7NO4/c1-2-3-7-32-19-5-4-13(22(34,23(26,27)28)24(29,30)31)9-16(19)15-11-20(36-14-6-8-35-12-14)18(25)10-17(15)21(32)33/h4-5,9-11,14,34H,2-3,6-8,12H2,1H3. The zero-order valence-electron chi connectivity index (χ0n) is 19.0. The molecule has 0 spiro atoms. The summed E-state index contributed by atoms with van der Waals surface area (Å²) in [7, 11) is 0. The van der Waals surface area contributed by atoms with Crippen molar-refractivity contribution in [2.45, 2.75) is 56.8 Å². The molecule has 12 heteroatoms. The van der Waals surface area contributed by atoms with Crippen LogP contribution in [0.5, 0.6) is 5.75 Å². The van der Waals surface area contributed by atoms with Crippen molar-refractivity contribution in [2.75, 3.05) is 13.2 Å². The summed E-state index contributed by atoms with van der Waals surface area (Å²) >= 11 is 0. The van der Waals surface area contributed by atoms with E-state index in [1.807, 2.05) is 6.92 Å². The van der Waals surface area contributed by atoms with Crippen molar-refractivity contribution in [3.63, 3.8) is 0 Å². The van der Waals surface area contributed by atoms with Crippen LogP contribution in [0.1, 0.15) is 31.7 Å². The van der Waals surface area contributed by atoms with Crippen molar-refractivity contribution in [1.29, 1.82) is 0 Å². The fourth-order valence-corrected chi connectivity index (χ4v) is 4.32. The van der Waals surface area contributed by atoms with Crippen molar-refractivity contribution in [2.24, 2.45) is 0 Å². The Balaban J connectivity index is 2.04. The molecule has 1 fully saturated rings. The van der Waals surface area contributed by atoms with E-state index in [2.05, 4.69) is 0 Å². The number of aromatic nitrogens is 1. The quantitative estimate of drug-likeness (QED) is 0.340. The maximum atomic E-state index is 14.9. The number of pyridine rings is 1. The number of halogens is 7. The SMILES string of the molecule is CCCCn1c(=O)c2cc(F)c(OC3CCOC3)cc2c2cc(C(O)(C(F)(F)F)C(F)(F)F)ccc21. The van der Waals surface area contributed by atoms with Crippen molar-refractivity contribution in [1.82, 2.24) is 4.57 Å². The first-order chi connectivity index (χ1) is 16.8. The fourth-order valence-electron chi connectivity index (χ4n) is 4.32. The Kier molecular flexibility index (Phi) is 6.71. The minimum atomic E-state index is -6.09. The molecule has 2 heterocycles. The number of fused-ring (bicyclic) bond motifs is 3. The largest absolute Gasteiger partial charge is 0.485 e. The van der Waals surface area contributed by atoms with Crippen molar-refractivity contribution < 1.29 is 45.3 Å². The van der Waals surface area contributed by atoms with Gasteiger partial charge in [-0.25, -0.2) is 4.39 Å². The monoisotopic (exact) mass is 521 g/mol. The summed E-state index contributed by atoms with van der Waals surface area (Å²) < 4.78 is 108. The van der Waals surface area contributed by atoms with Crippen LogP contribution in [0, 0.1) is 5.82 Å². The van der Waals surface area contributed by atoms with Gasteiger partial charge in [0.1, 0.15) is 6.10 Å². The van der Waals surface area contributed by atoms with Crippen molar-refractivity contribution >= 4 is 21.7 Å². The summed E-state index contributed by atoms with van der Waals surface area (Å²) in [5.74, 6) is -1.23. The van der Waals surface area contributed by atoms with Crippen molar-refractivity contribution in [3.8, 4) is 5.75 Å². The maximum absolute atomic E-state index is 14.9. The van der Waals surface area contributed by atoms with Gasteiger partial charge in [0.25, 0.3) is 11.2 Å². The Morgan fingerprint density at radius 1 is 1.06 bits per heavy atom. The number of ether oxygens (including phenoxy) is 2. The summed E-state index contributed by atoms with van der Waals surface area (Å²) in [6.07, 6.45) is -11.1. The van der Waals surface area contributed by atoms with Crippen LogP contribution in [0.15, 0.2) is 35.1 Å². The molecule has 36 heavy (non-hydrogen) atoms. The number of aryl methyl sites for hydroxylation is 1. The highest BCUT2D eigenvalue weighted by Gasteiger charge is 2.71. The third-order valence-corrected chi connectivity index (χ3v) is 6.28. The number of nitrogens with zero attached hydrogens (tertiary/aromatic N) is 1. The lowest BCUT2D eigenvalue weighted by Gasteiger charge is -2.33. The van der Waals surface area contributed by atoms with Gasteiger partial charge in [0.15, 0.2) is 11.6 Å². The second-order valence-corrected chi connectivity index (χ2v) is 8.68. The van der Waals surface area contributed by atoms with Crippen molar-refractivity contribution in [3.05, 3.63) is 52.1 Å². The Morgan fingerprint density at radius 2 is 1.75 bits per heavy atom. The van der Waals surface area contributed by atoms with E-state index in [9.17, 15) is 40.6 Å². The molecule has 1 N–H and O–H groups in total. The first kappa shape index (κ1) is 26.2. The summed E-state index contributed by atoms with van der Waals surface area (Å²) in [5.41, 5.74) is -7.26. The molecular weight excluding hydrogens is 499 g/mol. The lowest BCUT2D eigenvalue weighted by atomic mass is 9.90. The highest BCUT2D eigenvalue weighted by molar-refractivity contribution is 6.06. The molecule has 2 aromatic carbocycles. The molecule has 0 bridgehead atoms. The average molecular weight is 521 g/mol. The Labute approximate surface area is 200 Å². The zero-order chi connectivity index (χ0) is 26.5. The van der Waals surface area contributed by atoms with E-state index in [1.54, 1.807) is 0 Å². The molecule has 1 atom stereocenters. The number of benzene rings is 2. The predicted octanol–water partition coefficient (Wildman–Crippen LogP) is 5.57. The van der Waals surface area contributed by atoms with E-state index in [1.165, 1.54) is 4.57 Å². The topological polar surface area (TPSA) is 60.7 Å². The second kappa shape index (κ2) is 9.22. The molecule has 0 radical (unpaired) electrons. The van der Waals surface area contributed by atoms with Crippen LogP contribution in [0.4, 0.5) is 30.7 Å². The third kappa shape index (κ3) is 4.30. The van der Waals surface area contributed by atoms with Gasteiger partial charge in [-0.05, 0) is 30.7 Å². The predicted molar refractivity (Wildman–Crippen MR) is 116 cm³/mol. The molecule has 0 amide bonds. The van der Waals surface area contributed by atoms with Crippen LogP contribution in [0.3, 0.4) is 0 Å². The number of hydrogen-bond donors (Lipinski definition) is 1. The molecule has 1 aliphatic heterocycles. The van der Waals surface area contributed by atoms with Gasteiger partial charge in [0.05, 0.1) is 24.1 Å². The van der Waals surface area contributed by atoms with E-state index in [4.69, 9.17) is 9.47 Å². The molecular formula is C24H22F7NO4. The van der Waals surface area contributed by atoms with Gasteiger partial charge < -0.3 is 19.1 Å². The zero-order valence-corrected chi connectivity index (χ0v) is 19.0. The van der Waals surface area contributed by atoms with Crippen LogP contribution in [-0.4, -0.2) is 41.3 Å². The van der Waals surface area contributed by atoms with Gasteiger partial charge in [-0.3, -0.25) is 4.79 Å². The molecule has 1 aromatic heterocycles. The molecule has 5 nitrogen and oxygen atoms in total. The van der Waals surface area contributed by atoms with Crippen LogP contribution in [0.2, 0.25) is 0 Å². The number of hydrogen-bond acceptors (Lipinski definition) is 4. The number of unbranched alkanes of at least 4 members (excludes halogenated alkanes) is 1. The van der Waals surface area contributed by atoms with Crippen LogP contribution in [0.25, 0.3) is 21.7 Å². The third-order valence-electron chi connectivity index (χ3n) is 6.28. The Bertz CT molecular complexity index is 1330. The molecule has 4 rings (SSSR count). The van der Waals surface area contributed by atoms with E-state index in [0.29, 0.717) is 38.0 Å². The second-order valence-electron chi connectivity index (χ2n) is 8.68. The minimum Gasteiger partial charge on any atom is -0.485 e. The van der Waals surface area contributed by atoms with Crippen LogP contribution in [-0.2, 0) is 16.9 Å². The van der Waals surface area contributed by atoms with Crippen LogP contribution < -0.4 is 10.3 Å². The first-order valence-corrected chi connectivity index (χ1v) is 11.2. The molecule has 3 aromatic rings. The Morgan fingerprint density at radius 3 is 2.33 bits per heavy atom. The molecule has 0 aliphatic carbocycles. The average Bonchev–Trinajstić information content (AvgIpc) is 3.31. The van der Waals surface area contributed by atoms with Crippen LogP contribution >= 0.6 is 0 Å². The number of rotatable bonds is 6. The van der Waals surface area contributed by atoms with Gasteiger partial charge in [-0.1, -0.05) is 19.4 Å². The fraction of sp³-hybridized carbons (Fsp3) is 0.458. The lowest BCUT2D eigenvalue weighted by Crippen LogP contribution is -2.53. The Hall–Kier alpha value is -2.86.